The fourth-order valence-corrected chi connectivity index (χ4v) is 2.72. The van der Waals surface area contributed by atoms with Gasteiger partial charge in [-0.05, 0) is 39.2 Å². The Bertz CT molecular complexity index is 224. The zero-order valence-corrected chi connectivity index (χ0v) is 9.58. The molecule has 0 N–H and O–H groups in total. The van der Waals surface area contributed by atoms with Crippen molar-refractivity contribution in [1.82, 2.24) is 4.90 Å². The number of carbonyl (C=O) groups is 1. The van der Waals surface area contributed by atoms with Crippen LogP contribution in [0.2, 0.25) is 0 Å². The van der Waals surface area contributed by atoms with Gasteiger partial charge >= 0.3 is 0 Å². The summed E-state index contributed by atoms with van der Waals surface area (Å²) in [6, 6.07) is 0.657. The zero-order valence-electron chi connectivity index (χ0n) is 9.58. The van der Waals surface area contributed by atoms with E-state index in [9.17, 15) is 4.79 Å². The highest BCUT2D eigenvalue weighted by atomic mass is 16.5. The van der Waals surface area contributed by atoms with Gasteiger partial charge in [-0.25, -0.2) is 0 Å². The van der Waals surface area contributed by atoms with Gasteiger partial charge in [-0.2, -0.15) is 0 Å². The van der Waals surface area contributed by atoms with Gasteiger partial charge in [0.15, 0.2) is 0 Å². The third-order valence-electron chi connectivity index (χ3n) is 3.95. The Morgan fingerprint density at radius 3 is 2.73 bits per heavy atom. The molecule has 1 unspecified atom stereocenters. The summed E-state index contributed by atoms with van der Waals surface area (Å²) in [4.78, 5) is 13.8. The number of carbonyl (C=O) groups excluding carboxylic acids is 1. The number of aldehydes is 1. The molecule has 1 atom stereocenters. The van der Waals surface area contributed by atoms with Gasteiger partial charge in [-0.15, -0.1) is 0 Å². The number of hydrogen-bond acceptors (Lipinski definition) is 3. The predicted octanol–water partition coefficient (Wildman–Crippen LogP) is 1.47. The molecule has 0 aliphatic carbocycles. The summed E-state index contributed by atoms with van der Waals surface area (Å²) in [5.41, 5.74) is -0.114. The van der Waals surface area contributed by atoms with Gasteiger partial charge in [-0.1, -0.05) is 0 Å². The van der Waals surface area contributed by atoms with E-state index in [4.69, 9.17) is 4.74 Å². The van der Waals surface area contributed by atoms with Crippen molar-refractivity contribution in [2.24, 2.45) is 5.41 Å². The van der Waals surface area contributed by atoms with Crippen LogP contribution in [0.4, 0.5) is 0 Å². The van der Waals surface area contributed by atoms with Crippen molar-refractivity contribution >= 4 is 6.29 Å². The smallest absolute Gasteiger partial charge is 0.127 e. The van der Waals surface area contributed by atoms with Crippen molar-refractivity contribution in [3.05, 3.63) is 0 Å². The van der Waals surface area contributed by atoms with Crippen LogP contribution in [0.1, 0.15) is 32.6 Å². The van der Waals surface area contributed by atoms with Gasteiger partial charge in [0.25, 0.3) is 0 Å². The lowest BCUT2D eigenvalue weighted by Crippen LogP contribution is -2.43. The van der Waals surface area contributed by atoms with Crippen LogP contribution in [-0.4, -0.2) is 43.5 Å². The van der Waals surface area contributed by atoms with Gasteiger partial charge in [0.2, 0.25) is 0 Å². The molecule has 3 heteroatoms. The molecule has 2 aliphatic rings. The SMILES string of the molecule is CC1CCCN1CC1(C=O)CCOCC1. The summed E-state index contributed by atoms with van der Waals surface area (Å²) in [6.45, 7) is 5.88. The maximum Gasteiger partial charge on any atom is 0.127 e. The summed E-state index contributed by atoms with van der Waals surface area (Å²) in [5.74, 6) is 0. The molecule has 0 spiro atoms. The summed E-state index contributed by atoms with van der Waals surface area (Å²) >= 11 is 0. The molecule has 0 aromatic heterocycles. The monoisotopic (exact) mass is 211 g/mol. The number of ether oxygens (including phenoxy) is 1. The molecular weight excluding hydrogens is 190 g/mol. The van der Waals surface area contributed by atoms with Crippen molar-refractivity contribution in [3.63, 3.8) is 0 Å². The lowest BCUT2D eigenvalue weighted by Gasteiger charge is -2.36. The van der Waals surface area contributed by atoms with E-state index in [1.165, 1.54) is 19.1 Å². The summed E-state index contributed by atoms with van der Waals surface area (Å²) in [7, 11) is 0. The molecule has 15 heavy (non-hydrogen) atoms. The molecule has 0 radical (unpaired) electrons. The van der Waals surface area contributed by atoms with Crippen molar-refractivity contribution < 1.29 is 9.53 Å². The molecule has 3 nitrogen and oxygen atoms in total. The quantitative estimate of drug-likeness (QED) is 0.662. The topological polar surface area (TPSA) is 29.5 Å². The molecule has 2 saturated heterocycles. The van der Waals surface area contributed by atoms with Crippen LogP contribution in [0, 0.1) is 5.41 Å². The highest BCUT2D eigenvalue weighted by molar-refractivity contribution is 5.60. The van der Waals surface area contributed by atoms with Crippen LogP contribution < -0.4 is 0 Å². The first-order valence-electron chi connectivity index (χ1n) is 6.04. The highest BCUT2D eigenvalue weighted by Crippen LogP contribution is 2.31. The van der Waals surface area contributed by atoms with Crippen molar-refractivity contribution in [1.29, 1.82) is 0 Å². The largest absolute Gasteiger partial charge is 0.381 e. The molecule has 2 rings (SSSR count). The lowest BCUT2D eigenvalue weighted by molar-refractivity contribution is -0.123. The van der Waals surface area contributed by atoms with Crippen LogP contribution in [0.15, 0.2) is 0 Å². The number of likely N-dealkylation sites (tertiary alicyclic amines) is 1. The average Bonchev–Trinajstić information content (AvgIpc) is 2.66. The van der Waals surface area contributed by atoms with E-state index in [1.54, 1.807) is 0 Å². The average molecular weight is 211 g/mol. The number of hydrogen-bond donors (Lipinski definition) is 0. The first-order chi connectivity index (χ1) is 7.26. The van der Waals surface area contributed by atoms with Gasteiger partial charge < -0.3 is 9.53 Å². The van der Waals surface area contributed by atoms with E-state index in [0.29, 0.717) is 6.04 Å². The molecule has 2 fully saturated rings. The van der Waals surface area contributed by atoms with Gasteiger partial charge in [-0.3, -0.25) is 4.90 Å². The maximum absolute atomic E-state index is 11.3. The van der Waals surface area contributed by atoms with E-state index in [-0.39, 0.29) is 5.41 Å². The molecule has 0 saturated carbocycles. The van der Waals surface area contributed by atoms with E-state index in [1.807, 2.05) is 0 Å². The molecular formula is C12H21NO2. The fourth-order valence-electron chi connectivity index (χ4n) is 2.72. The van der Waals surface area contributed by atoms with E-state index < -0.39 is 0 Å². The second-order valence-electron chi connectivity index (χ2n) is 5.05. The normalized spacial score (nSPS) is 31.7. The van der Waals surface area contributed by atoms with Crippen molar-refractivity contribution in [2.75, 3.05) is 26.3 Å². The Morgan fingerprint density at radius 1 is 1.47 bits per heavy atom. The van der Waals surface area contributed by atoms with E-state index in [0.717, 1.165) is 39.1 Å². The summed E-state index contributed by atoms with van der Waals surface area (Å²) in [5, 5.41) is 0. The molecule has 2 aliphatic heterocycles. The zero-order chi connectivity index (χ0) is 10.7. The highest BCUT2D eigenvalue weighted by Gasteiger charge is 2.36. The van der Waals surface area contributed by atoms with Gasteiger partial charge in [0.05, 0.1) is 0 Å². The van der Waals surface area contributed by atoms with Crippen LogP contribution in [0.3, 0.4) is 0 Å². The van der Waals surface area contributed by atoms with Gasteiger partial charge in [0.1, 0.15) is 6.29 Å². The second kappa shape index (κ2) is 4.62. The molecule has 0 aromatic carbocycles. The molecule has 0 bridgehead atoms. The first kappa shape index (κ1) is 11.1. The molecule has 0 amide bonds. The first-order valence-corrected chi connectivity index (χ1v) is 6.04. The Kier molecular flexibility index (Phi) is 3.42. The summed E-state index contributed by atoms with van der Waals surface area (Å²) in [6.07, 6.45) is 5.55. The predicted molar refractivity (Wildman–Crippen MR) is 58.8 cm³/mol. The van der Waals surface area contributed by atoms with E-state index in [2.05, 4.69) is 11.8 Å². The van der Waals surface area contributed by atoms with E-state index >= 15 is 0 Å². The number of nitrogens with zero attached hydrogens (tertiary/aromatic N) is 1. The Morgan fingerprint density at radius 2 is 2.20 bits per heavy atom. The lowest BCUT2D eigenvalue weighted by atomic mass is 9.81. The van der Waals surface area contributed by atoms with Crippen LogP contribution >= 0.6 is 0 Å². The third kappa shape index (κ3) is 2.40. The summed E-state index contributed by atoms with van der Waals surface area (Å²) < 4.78 is 5.34. The fraction of sp³-hybridized carbons (Fsp3) is 0.917. The Balaban J connectivity index is 1.97. The van der Waals surface area contributed by atoms with Crippen LogP contribution in [0.25, 0.3) is 0 Å². The molecule has 86 valence electrons. The Labute approximate surface area is 91.8 Å². The van der Waals surface area contributed by atoms with Gasteiger partial charge in [0, 0.05) is 31.2 Å². The van der Waals surface area contributed by atoms with Crippen LogP contribution in [0.5, 0.6) is 0 Å². The molecule has 0 aromatic rings. The van der Waals surface area contributed by atoms with Crippen molar-refractivity contribution in [3.8, 4) is 0 Å². The minimum absolute atomic E-state index is 0.114. The number of rotatable bonds is 3. The molecule has 2 heterocycles. The second-order valence-corrected chi connectivity index (χ2v) is 5.05. The Hall–Kier alpha value is -0.410. The maximum atomic E-state index is 11.3. The standard InChI is InChI=1S/C12H21NO2/c1-11-3-2-6-13(11)9-12(10-14)4-7-15-8-5-12/h10-11H,2-9H2,1H3. The van der Waals surface area contributed by atoms with Crippen molar-refractivity contribution in [2.45, 2.75) is 38.6 Å². The third-order valence-corrected chi connectivity index (χ3v) is 3.95. The minimum Gasteiger partial charge on any atom is -0.381 e. The van der Waals surface area contributed by atoms with Crippen LogP contribution in [-0.2, 0) is 9.53 Å². The minimum atomic E-state index is -0.114.